The molecule has 0 saturated carbocycles. The van der Waals surface area contributed by atoms with E-state index in [1.54, 1.807) is 24.3 Å². The van der Waals surface area contributed by atoms with Gasteiger partial charge < -0.3 is 14.9 Å². The van der Waals surface area contributed by atoms with Gasteiger partial charge in [-0.05, 0) is 5.76 Å². The maximum absolute atomic E-state index is 11.3. The Morgan fingerprint density at radius 1 is 1.05 bits per heavy atom. The monoisotopic (exact) mass is 296 g/mol. The molecule has 0 unspecified atom stereocenters. The van der Waals surface area contributed by atoms with E-state index in [1.807, 2.05) is 30.3 Å². The van der Waals surface area contributed by atoms with Crippen LogP contribution in [0.5, 0.6) is 0 Å². The second kappa shape index (κ2) is 7.41. The fourth-order valence-corrected chi connectivity index (χ4v) is 1.46. The van der Waals surface area contributed by atoms with E-state index >= 15 is 0 Å². The van der Waals surface area contributed by atoms with E-state index in [1.165, 1.54) is 12.3 Å². The van der Waals surface area contributed by atoms with E-state index < -0.39 is 5.76 Å². The van der Waals surface area contributed by atoms with Gasteiger partial charge >= 0.3 is 17.1 Å². The Kier molecular flexibility index (Phi) is 5.86. The number of rotatable bonds is 0. The number of aliphatic hydroxyl groups excluding tert-OH is 1. The van der Waals surface area contributed by atoms with Crippen molar-refractivity contribution in [2.24, 2.45) is 0 Å². The minimum atomic E-state index is -0.478. The normalized spacial score (nSPS) is 15.8. The zero-order valence-electron chi connectivity index (χ0n) is 9.97. The zero-order valence-corrected chi connectivity index (χ0v) is 11.1. The van der Waals surface area contributed by atoms with Crippen molar-refractivity contribution in [1.29, 1.82) is 0 Å². The van der Waals surface area contributed by atoms with Crippen LogP contribution in [0.15, 0.2) is 89.8 Å². The molecule has 0 saturated heterocycles. The van der Waals surface area contributed by atoms with Crippen molar-refractivity contribution in [3.05, 3.63) is 89.8 Å². The van der Waals surface area contributed by atoms with Crippen molar-refractivity contribution >= 4 is 0 Å². The molecular formula is C15H12FeO3. The minimum absolute atomic E-state index is 0. The van der Waals surface area contributed by atoms with Crippen molar-refractivity contribution in [3.8, 4) is 0 Å². The molecular weight excluding hydrogens is 284 g/mol. The second-order valence-corrected chi connectivity index (χ2v) is 3.60. The van der Waals surface area contributed by atoms with Crippen LogP contribution in [0, 0.1) is 0 Å². The second-order valence-electron chi connectivity index (χ2n) is 3.60. The van der Waals surface area contributed by atoms with E-state index in [9.17, 15) is 5.11 Å². The molecule has 1 heterocycles. The van der Waals surface area contributed by atoms with Crippen LogP contribution < -0.4 is 5.11 Å². The van der Waals surface area contributed by atoms with Crippen LogP contribution >= 0.6 is 0 Å². The zero-order chi connectivity index (χ0) is 12.8. The van der Waals surface area contributed by atoms with Crippen LogP contribution in [0.2, 0.25) is 0 Å². The molecule has 19 heavy (non-hydrogen) atoms. The maximum atomic E-state index is 11.3. The van der Waals surface area contributed by atoms with Crippen LogP contribution in [0.25, 0.3) is 0 Å². The average molecular weight is 296 g/mol. The summed E-state index contributed by atoms with van der Waals surface area (Å²) in [6.45, 7) is 0. The summed E-state index contributed by atoms with van der Waals surface area (Å²) in [6, 6.07) is 10.0. The summed E-state index contributed by atoms with van der Waals surface area (Å²) < 4.78 is 5.01. The molecule has 0 fully saturated rings. The summed E-state index contributed by atoms with van der Waals surface area (Å²) in [7, 11) is 0. The number of allylic oxidation sites excluding steroid dienone is 6. The molecule has 0 radical (unpaired) electrons. The fourth-order valence-electron chi connectivity index (χ4n) is 1.46. The molecule has 3 rings (SSSR count). The van der Waals surface area contributed by atoms with Gasteiger partial charge in [0.05, 0.1) is 6.26 Å². The average Bonchev–Trinajstić information content (AvgIpc) is 3.07. The first-order valence-electron chi connectivity index (χ1n) is 5.48. The predicted molar refractivity (Wildman–Crippen MR) is 67.2 cm³/mol. The van der Waals surface area contributed by atoms with Gasteiger partial charge in [-0.25, -0.2) is 12.1 Å². The summed E-state index contributed by atoms with van der Waals surface area (Å²) >= 11 is 0. The molecule has 98 valence electrons. The molecule has 1 aromatic carbocycles. The largest absolute Gasteiger partial charge is 2.00 e. The maximum Gasteiger partial charge on any atom is 2.00 e. The van der Waals surface area contributed by atoms with Gasteiger partial charge in [0.1, 0.15) is 11.5 Å². The van der Waals surface area contributed by atoms with Crippen molar-refractivity contribution in [2.75, 3.05) is 0 Å². The van der Waals surface area contributed by atoms with Crippen LogP contribution in [-0.4, -0.2) is 5.11 Å². The van der Waals surface area contributed by atoms with Crippen molar-refractivity contribution in [2.45, 2.75) is 0 Å². The van der Waals surface area contributed by atoms with Crippen LogP contribution in [0.3, 0.4) is 0 Å². The summed E-state index contributed by atoms with van der Waals surface area (Å²) in [6.07, 6.45) is 9.62. The van der Waals surface area contributed by atoms with Gasteiger partial charge in [0, 0.05) is 11.6 Å². The number of hydrogen-bond donors (Lipinski definition) is 1. The summed E-state index contributed by atoms with van der Waals surface area (Å²) in [5.41, 5.74) is 0.681. The fraction of sp³-hybridized carbons (Fsp3) is 0. The Bertz CT molecular complexity index is 515. The van der Waals surface area contributed by atoms with E-state index in [2.05, 4.69) is 0 Å². The summed E-state index contributed by atoms with van der Waals surface area (Å²) in [5, 5.41) is 20.4. The molecule has 0 bridgehead atoms. The minimum Gasteiger partial charge on any atom is -0.867 e. The molecule has 1 N–H and O–H groups in total. The van der Waals surface area contributed by atoms with Crippen molar-refractivity contribution in [1.82, 2.24) is 0 Å². The van der Waals surface area contributed by atoms with E-state index in [4.69, 9.17) is 9.84 Å². The number of hydrogen-bond acceptors (Lipinski definition) is 3. The number of ether oxygens (including phenoxy) is 1. The topological polar surface area (TPSA) is 52.5 Å². The Morgan fingerprint density at radius 2 is 1.68 bits per heavy atom. The van der Waals surface area contributed by atoms with Gasteiger partial charge in [0.15, 0.2) is 0 Å². The first kappa shape index (κ1) is 15.0. The Labute approximate surface area is 122 Å². The molecule has 1 aliphatic heterocycles. The standard InChI is InChI=1S/C10H8O3.C5H5.Fe/c11-8-5-6-13-10(9(8)12)7-3-1-2-4-7;1-2-4-5-3-1;/h1-6,11-12H;1-5H;/q;-1;+2/p-1. The van der Waals surface area contributed by atoms with Gasteiger partial charge in [0.25, 0.3) is 0 Å². The molecule has 2 aliphatic rings. The number of aliphatic hydroxyl groups is 1. The van der Waals surface area contributed by atoms with Crippen LogP contribution in [0.4, 0.5) is 0 Å². The molecule has 1 aliphatic carbocycles. The molecule has 0 amide bonds. The molecule has 4 heteroatoms. The Hall–Kier alpha value is -2.03. The Balaban J connectivity index is 0.000000256. The Morgan fingerprint density at radius 3 is 2.21 bits per heavy atom. The van der Waals surface area contributed by atoms with Gasteiger partial charge in [-0.2, -0.15) is 18.2 Å². The van der Waals surface area contributed by atoms with Crippen molar-refractivity contribution in [3.63, 3.8) is 0 Å². The van der Waals surface area contributed by atoms with Crippen molar-refractivity contribution < 1.29 is 32.0 Å². The quantitative estimate of drug-likeness (QED) is 0.591. The van der Waals surface area contributed by atoms with Gasteiger partial charge in [-0.1, -0.05) is 24.3 Å². The van der Waals surface area contributed by atoms with E-state index in [-0.39, 0.29) is 28.6 Å². The third kappa shape index (κ3) is 3.98. The molecule has 3 nitrogen and oxygen atoms in total. The smallest absolute Gasteiger partial charge is 0.867 e. The first-order chi connectivity index (χ1) is 8.79. The van der Waals surface area contributed by atoms with Gasteiger partial charge in [-0.15, -0.1) is 0 Å². The summed E-state index contributed by atoms with van der Waals surface area (Å²) in [4.78, 5) is 0. The van der Waals surface area contributed by atoms with E-state index in [0.717, 1.165) is 0 Å². The molecule has 1 aromatic rings. The van der Waals surface area contributed by atoms with Crippen LogP contribution in [-0.2, 0) is 21.8 Å². The first-order valence-corrected chi connectivity index (χ1v) is 5.48. The molecule has 0 aromatic heterocycles. The van der Waals surface area contributed by atoms with Gasteiger partial charge in [0.2, 0.25) is 0 Å². The van der Waals surface area contributed by atoms with Crippen LogP contribution in [0.1, 0.15) is 0 Å². The predicted octanol–water partition coefficient (Wildman–Crippen LogP) is 2.44. The SMILES string of the molecule is [Fe+2].[O-]C1=C(O)C=COC1=C1C=CC=C1.c1cc[cH-]c1. The van der Waals surface area contributed by atoms with E-state index in [0.29, 0.717) is 5.57 Å². The molecule has 0 atom stereocenters. The third-order valence-corrected chi connectivity index (χ3v) is 2.33. The van der Waals surface area contributed by atoms with Gasteiger partial charge in [-0.3, -0.25) is 0 Å². The summed E-state index contributed by atoms with van der Waals surface area (Å²) in [5.74, 6) is -0.596. The molecule has 0 spiro atoms. The third-order valence-electron chi connectivity index (χ3n) is 2.33.